The van der Waals surface area contributed by atoms with Gasteiger partial charge in [-0.05, 0) is 156 Å². The highest BCUT2D eigenvalue weighted by Gasteiger charge is 2.57. The molecule has 2 bridgehead atoms. The smallest absolute Gasteiger partial charge is 0.417 e. The van der Waals surface area contributed by atoms with Crippen LogP contribution in [-0.4, -0.2) is 161 Å². The van der Waals surface area contributed by atoms with Crippen LogP contribution >= 0.6 is 23.4 Å². The Kier molecular flexibility index (Phi) is 26.5. The zero-order chi connectivity index (χ0) is 66.3. The highest BCUT2D eigenvalue weighted by molar-refractivity contribution is 7.99. The number of methoxy groups -OCH3 is 3. The van der Waals surface area contributed by atoms with Crippen LogP contribution in [-0.2, 0) is 49.0 Å². The van der Waals surface area contributed by atoms with E-state index >= 15 is 0 Å². The number of esters is 1. The Labute approximate surface area is 539 Å². The number of urea groups is 1. The second-order valence-corrected chi connectivity index (χ2v) is 26.2. The van der Waals surface area contributed by atoms with Gasteiger partial charge < -0.3 is 64.6 Å². The minimum absolute atomic E-state index is 0.0352. The first-order valence-corrected chi connectivity index (χ1v) is 32.6. The molecule has 2 saturated heterocycles. The number of rotatable bonds is 17. The summed E-state index contributed by atoms with van der Waals surface area (Å²) in [5.74, 6) is -7.04. The van der Waals surface area contributed by atoms with E-state index in [9.17, 15) is 57.3 Å². The summed E-state index contributed by atoms with van der Waals surface area (Å²) in [5, 5.41) is 42.2. The molecule has 0 radical (unpaired) electrons. The van der Waals surface area contributed by atoms with Crippen molar-refractivity contribution < 1.29 is 85.7 Å². The molecule has 3 fully saturated rings. The third-order valence-electron chi connectivity index (χ3n) is 17.6. The number of thioether (sulfide) groups is 1. The van der Waals surface area contributed by atoms with E-state index in [0.29, 0.717) is 98.6 Å². The monoisotopic (exact) mass is 1310 g/mol. The Morgan fingerprint density at radius 3 is 2.25 bits per heavy atom. The summed E-state index contributed by atoms with van der Waals surface area (Å²) in [5.41, 5.74) is 0.716. The largest absolute Gasteiger partial charge is 0.457 e. The lowest BCUT2D eigenvalue weighted by atomic mass is 9.81. The normalized spacial score (nSPS) is 30.0. The molecule has 1 aliphatic carbocycles. The van der Waals surface area contributed by atoms with Crippen LogP contribution in [0.15, 0.2) is 84.1 Å². The van der Waals surface area contributed by atoms with E-state index in [4.69, 9.17) is 40.0 Å². The topological polar surface area (TPSA) is 271 Å². The number of alkyl halides is 3. The Balaban J connectivity index is 1.01. The second-order valence-electron chi connectivity index (χ2n) is 24.5. The van der Waals surface area contributed by atoms with Crippen LogP contribution in [0, 0.1) is 29.6 Å². The number of halogens is 4. The van der Waals surface area contributed by atoms with E-state index in [-0.39, 0.29) is 54.8 Å². The summed E-state index contributed by atoms with van der Waals surface area (Å²) < 4.78 is 76.0. The number of anilines is 2. The first-order chi connectivity index (χ1) is 43.2. The Morgan fingerprint density at radius 2 is 1.55 bits per heavy atom. The molecule has 2 unspecified atom stereocenters. The maximum absolute atomic E-state index is 14.7. The van der Waals surface area contributed by atoms with Crippen LogP contribution in [0.3, 0.4) is 0 Å². The summed E-state index contributed by atoms with van der Waals surface area (Å²) in [4.78, 5) is 89.4. The van der Waals surface area contributed by atoms with Crippen molar-refractivity contribution in [3.63, 3.8) is 0 Å². The predicted molar refractivity (Wildman–Crippen MR) is 337 cm³/mol. The number of benzene rings is 2. The highest BCUT2D eigenvalue weighted by Crippen LogP contribution is 2.41. The maximum atomic E-state index is 14.7. The summed E-state index contributed by atoms with van der Waals surface area (Å²) in [7, 11) is 4.55. The van der Waals surface area contributed by atoms with E-state index < -0.39 is 119 Å². The molecule has 14 atom stereocenters. The summed E-state index contributed by atoms with van der Waals surface area (Å²) in [6.07, 6.45) is -0.525. The van der Waals surface area contributed by atoms with Crippen LogP contribution in [0.25, 0.3) is 0 Å². The fourth-order valence-corrected chi connectivity index (χ4v) is 13.6. The number of pyridine rings is 1. The van der Waals surface area contributed by atoms with Crippen LogP contribution in [0.2, 0.25) is 5.02 Å². The van der Waals surface area contributed by atoms with Gasteiger partial charge in [0.1, 0.15) is 41.2 Å². The fraction of sp³-hybridized carbons (Fsp3) is 0.591. The van der Waals surface area contributed by atoms with Gasteiger partial charge in [-0.1, -0.05) is 50.1 Å². The fourth-order valence-electron chi connectivity index (χ4n) is 12.6. The standard InChI is InChI=1S/C66H87ClF3N5O15S/c1-37-28-38(2)30-56(86-7)59-57(87-8)32-40(4)65(84,90-59)60(79)62(81)75-25-10-9-13-51(75)63(82)89-58(39(3)31-42-14-21-52(76)55(33-42)85-6)41(5)53(77)36-54(78)43(29-37)12-11-26-91-27-24-72-61(80)50-35-47(22-23-71-50)88-46-18-15-44(16-19-46)73-64(83)74-45-17-20-49(67)48(34-45)66(68,69)70/h15-20,22-23,29,31,34-35,38,40-43,51-53,55-59,76-77,84H,9-14,21,24-28,30,32-33,36H2,1-8H3,(H,72,80)(H2,73,74,83)/b37-29+,39-31+/t38-,40+,41+,42-,43+,51-,52+,53-,55+,56?,57?,58+,59+,65+/m0/s1. The van der Waals surface area contributed by atoms with Gasteiger partial charge in [-0.2, -0.15) is 24.9 Å². The Bertz CT molecular complexity index is 3070. The molecule has 0 spiro atoms. The van der Waals surface area contributed by atoms with Gasteiger partial charge in [-0.15, -0.1) is 0 Å². The number of carbonyl (C=O) groups is 6. The number of hydrogen-bond acceptors (Lipinski definition) is 17. The van der Waals surface area contributed by atoms with Crippen molar-refractivity contribution in [2.45, 2.75) is 172 Å². The lowest BCUT2D eigenvalue weighted by molar-refractivity contribution is -0.302. The summed E-state index contributed by atoms with van der Waals surface area (Å²) in [6, 6.07) is 10.2. The third-order valence-corrected chi connectivity index (χ3v) is 19.0. The van der Waals surface area contributed by atoms with E-state index in [2.05, 4.69) is 20.9 Å². The molecule has 3 aromatic rings. The number of aliphatic hydroxyl groups excluding tert-OH is 2. The van der Waals surface area contributed by atoms with Gasteiger partial charge in [0.05, 0.1) is 41.1 Å². The Morgan fingerprint density at radius 1 is 0.857 bits per heavy atom. The number of nitrogens with one attached hydrogen (secondary N) is 3. The molecule has 4 heterocycles. The average molecular weight is 1310 g/mol. The predicted octanol–water partition coefficient (Wildman–Crippen LogP) is 10.5. The summed E-state index contributed by atoms with van der Waals surface area (Å²) >= 11 is 7.27. The first kappa shape index (κ1) is 72.5. The van der Waals surface area contributed by atoms with Crippen LogP contribution in [0.5, 0.6) is 11.5 Å². The molecule has 25 heteroatoms. The number of allylic oxidation sites excluding steroid dienone is 3. The molecule has 500 valence electrons. The third kappa shape index (κ3) is 19.6. The molecule has 7 rings (SSSR count). The van der Waals surface area contributed by atoms with Gasteiger partial charge in [0.2, 0.25) is 5.79 Å². The van der Waals surface area contributed by atoms with E-state index in [1.807, 2.05) is 26.0 Å². The molecular weight excluding hydrogens is 1230 g/mol. The molecule has 6 N–H and O–H groups in total. The number of ketones is 2. The van der Waals surface area contributed by atoms with Crippen molar-refractivity contribution in [1.82, 2.24) is 15.2 Å². The number of carbonyl (C=O) groups excluding carboxylic acids is 6. The molecule has 1 aromatic heterocycles. The van der Waals surface area contributed by atoms with E-state index in [1.54, 1.807) is 50.7 Å². The molecule has 4 amide bonds. The number of Topliss-reactive ketones (excluding diaryl/α,β-unsaturated/α-hetero) is 2. The molecular formula is C66H87ClF3N5O15S. The number of piperidine rings is 1. The number of amides is 4. The summed E-state index contributed by atoms with van der Waals surface area (Å²) in [6.45, 7) is 9.39. The van der Waals surface area contributed by atoms with Gasteiger partial charge in [0.25, 0.3) is 17.6 Å². The highest BCUT2D eigenvalue weighted by atomic mass is 35.5. The van der Waals surface area contributed by atoms with Crippen molar-refractivity contribution in [1.29, 1.82) is 0 Å². The van der Waals surface area contributed by atoms with Crippen LogP contribution < -0.4 is 20.7 Å². The first-order valence-electron chi connectivity index (χ1n) is 31.1. The number of cyclic esters (lactones) is 1. The van der Waals surface area contributed by atoms with Gasteiger partial charge >= 0.3 is 18.2 Å². The SMILES string of the molecule is COC1C[C@@H](C)C/C(C)=C/[C@@H](CCCSCCNC(=O)c2cc(Oc3ccc(NC(=O)Nc4ccc(Cl)c(C(F)(F)F)c4)cc3)ccn2)C(=O)C[C@H](O)[C@@H](C)[C@@H](/C(C)=C/[C@@H]2CC[C@@H](O)[C@H](OC)C2)OC(=O)[C@@H]2CCCCN2C(=O)C(=O)[C@]2(O)O[C@H]1C(OC)C[C@H]2C. The molecule has 91 heavy (non-hydrogen) atoms. The van der Waals surface area contributed by atoms with Crippen molar-refractivity contribution in [2.24, 2.45) is 29.6 Å². The number of fused-ring (bicyclic) bond motifs is 3. The van der Waals surface area contributed by atoms with Gasteiger partial charge in [-0.25, -0.2) is 9.59 Å². The quantitative estimate of drug-likeness (QED) is 0.0317. The molecule has 20 nitrogen and oxygen atoms in total. The number of hydrogen-bond donors (Lipinski definition) is 6. The zero-order valence-electron chi connectivity index (χ0n) is 52.8. The minimum atomic E-state index is -4.71. The molecule has 3 aliphatic heterocycles. The Hall–Kier alpha value is -5.96. The van der Waals surface area contributed by atoms with Gasteiger partial charge in [-0.3, -0.25) is 24.2 Å². The van der Waals surface area contributed by atoms with Gasteiger partial charge in [0.15, 0.2) is 0 Å². The van der Waals surface area contributed by atoms with E-state index in [0.717, 1.165) is 22.6 Å². The number of aliphatic hydroxyl groups is 3. The lowest BCUT2D eigenvalue weighted by Gasteiger charge is -2.47. The zero-order valence-corrected chi connectivity index (χ0v) is 54.4. The molecule has 1 saturated carbocycles. The van der Waals surface area contributed by atoms with Crippen molar-refractivity contribution in [3.05, 3.63) is 100 Å². The van der Waals surface area contributed by atoms with E-state index in [1.165, 1.54) is 51.8 Å². The maximum Gasteiger partial charge on any atom is 0.417 e. The number of nitrogens with zero attached hydrogens (tertiary/aromatic N) is 2. The second kappa shape index (κ2) is 33.2. The van der Waals surface area contributed by atoms with Crippen molar-refractivity contribution in [3.8, 4) is 11.5 Å². The molecule has 4 aliphatic rings. The van der Waals surface area contributed by atoms with Crippen LogP contribution in [0.4, 0.5) is 29.3 Å². The molecule has 2 aromatic carbocycles. The number of ether oxygens (including phenoxy) is 6. The number of aromatic nitrogens is 1. The lowest BCUT2D eigenvalue weighted by Crippen LogP contribution is -2.64. The van der Waals surface area contributed by atoms with Crippen molar-refractivity contribution >= 4 is 70.1 Å². The van der Waals surface area contributed by atoms with Crippen LogP contribution in [0.1, 0.15) is 128 Å². The minimum Gasteiger partial charge on any atom is -0.457 e. The van der Waals surface area contributed by atoms with Crippen molar-refractivity contribution in [2.75, 3.05) is 56.6 Å². The average Bonchev–Trinajstić information content (AvgIpc) is 0.861. The van der Waals surface area contributed by atoms with Gasteiger partial charge in [0, 0.05) is 88.0 Å².